The predicted octanol–water partition coefficient (Wildman–Crippen LogP) is 3.91. The number of hydrogen-bond donors (Lipinski definition) is 0. The first-order chi connectivity index (χ1) is 8.02. The van der Waals surface area contributed by atoms with Crippen molar-refractivity contribution in [3.63, 3.8) is 0 Å². The van der Waals surface area contributed by atoms with Crippen LogP contribution in [-0.2, 0) is 9.47 Å². The average Bonchev–Trinajstić information content (AvgIpc) is 2.22. The van der Waals surface area contributed by atoms with Crippen molar-refractivity contribution in [3.05, 3.63) is 0 Å². The Hall–Kier alpha value is -1.17. The number of ether oxygens (including phenoxy) is 2. The van der Waals surface area contributed by atoms with Gasteiger partial charge in [0, 0.05) is 6.42 Å². The lowest BCUT2D eigenvalue weighted by Crippen LogP contribution is -2.26. The summed E-state index contributed by atoms with van der Waals surface area (Å²) < 4.78 is 9.78. The molecular weight excluding hydrogens is 216 g/mol. The topological polar surface area (TPSA) is 35.5 Å². The largest absolute Gasteiger partial charge is 0.509 e. The highest BCUT2D eigenvalue weighted by Crippen LogP contribution is 2.09. The lowest BCUT2D eigenvalue weighted by Gasteiger charge is -2.17. The van der Waals surface area contributed by atoms with E-state index in [1.165, 1.54) is 19.3 Å². The van der Waals surface area contributed by atoms with E-state index in [-0.39, 0.29) is 0 Å². The SMILES string of the molecule is CCCCCCC#CC(C)(C)OC(=O)OCC. The molecule has 0 saturated heterocycles. The Labute approximate surface area is 105 Å². The van der Waals surface area contributed by atoms with Gasteiger partial charge in [-0.25, -0.2) is 4.79 Å². The standard InChI is InChI=1S/C14H24O3/c1-5-7-8-9-10-11-12-14(3,4)17-13(15)16-6-2/h5-10H2,1-4H3. The van der Waals surface area contributed by atoms with Gasteiger partial charge in [0.25, 0.3) is 0 Å². The van der Waals surface area contributed by atoms with Gasteiger partial charge in [0.05, 0.1) is 6.61 Å². The van der Waals surface area contributed by atoms with Crippen LogP contribution in [0.1, 0.15) is 59.8 Å². The molecule has 3 nitrogen and oxygen atoms in total. The fourth-order valence-electron chi connectivity index (χ4n) is 1.30. The van der Waals surface area contributed by atoms with Gasteiger partial charge in [0.15, 0.2) is 5.60 Å². The Morgan fingerprint density at radius 2 is 1.88 bits per heavy atom. The van der Waals surface area contributed by atoms with Gasteiger partial charge in [0.2, 0.25) is 0 Å². The molecule has 0 unspecified atom stereocenters. The highest BCUT2D eigenvalue weighted by Gasteiger charge is 2.20. The second kappa shape index (κ2) is 8.92. The van der Waals surface area contributed by atoms with Crippen LogP contribution in [0.5, 0.6) is 0 Å². The summed E-state index contributed by atoms with van der Waals surface area (Å²) in [4.78, 5) is 11.1. The molecule has 0 aliphatic rings. The molecule has 0 heterocycles. The van der Waals surface area contributed by atoms with Crippen molar-refractivity contribution in [1.82, 2.24) is 0 Å². The first-order valence-electron chi connectivity index (χ1n) is 6.37. The van der Waals surface area contributed by atoms with E-state index in [2.05, 4.69) is 18.8 Å². The van der Waals surface area contributed by atoms with Gasteiger partial charge in [-0.05, 0) is 27.2 Å². The molecule has 0 saturated carbocycles. The number of carbonyl (C=O) groups excluding carboxylic acids is 1. The third-order valence-corrected chi connectivity index (χ3v) is 2.15. The van der Waals surface area contributed by atoms with Crippen LogP contribution in [0.25, 0.3) is 0 Å². The molecule has 0 bridgehead atoms. The van der Waals surface area contributed by atoms with E-state index in [0.717, 1.165) is 12.8 Å². The van der Waals surface area contributed by atoms with Crippen LogP contribution in [0.4, 0.5) is 4.79 Å². The van der Waals surface area contributed by atoms with Gasteiger partial charge in [-0.1, -0.05) is 38.0 Å². The zero-order valence-corrected chi connectivity index (χ0v) is 11.5. The van der Waals surface area contributed by atoms with Gasteiger partial charge in [-0.2, -0.15) is 0 Å². The Balaban J connectivity index is 3.90. The fraction of sp³-hybridized carbons (Fsp3) is 0.786. The summed E-state index contributed by atoms with van der Waals surface area (Å²) in [6.45, 7) is 7.78. The molecule has 0 fully saturated rings. The molecule has 0 radical (unpaired) electrons. The third-order valence-electron chi connectivity index (χ3n) is 2.15. The van der Waals surface area contributed by atoms with Crippen LogP contribution < -0.4 is 0 Å². The number of rotatable bonds is 6. The van der Waals surface area contributed by atoms with Crippen molar-refractivity contribution >= 4 is 6.16 Å². The maximum atomic E-state index is 11.1. The highest BCUT2D eigenvalue weighted by molar-refractivity contribution is 5.61. The van der Waals surface area contributed by atoms with E-state index in [4.69, 9.17) is 9.47 Å². The maximum absolute atomic E-state index is 11.1. The minimum absolute atomic E-state index is 0.319. The van der Waals surface area contributed by atoms with E-state index >= 15 is 0 Å². The summed E-state index contributed by atoms with van der Waals surface area (Å²) in [6.07, 6.45) is 5.00. The molecule has 0 spiro atoms. The molecule has 0 aromatic rings. The fourth-order valence-corrected chi connectivity index (χ4v) is 1.30. The van der Waals surface area contributed by atoms with Crippen LogP contribution in [0.15, 0.2) is 0 Å². The summed E-state index contributed by atoms with van der Waals surface area (Å²) in [5.74, 6) is 6.00. The maximum Gasteiger partial charge on any atom is 0.509 e. The summed E-state index contributed by atoms with van der Waals surface area (Å²) in [5.41, 5.74) is -0.767. The molecular formula is C14H24O3. The van der Waals surface area contributed by atoms with Gasteiger partial charge < -0.3 is 9.47 Å². The van der Waals surface area contributed by atoms with E-state index in [1.807, 2.05) is 0 Å². The van der Waals surface area contributed by atoms with Crippen LogP contribution in [0.2, 0.25) is 0 Å². The molecule has 98 valence electrons. The van der Waals surface area contributed by atoms with Gasteiger partial charge in [0.1, 0.15) is 0 Å². The normalized spacial score (nSPS) is 10.4. The summed E-state index contributed by atoms with van der Waals surface area (Å²) in [6, 6.07) is 0. The molecule has 3 heteroatoms. The molecule has 0 aromatic heterocycles. The van der Waals surface area contributed by atoms with Crippen LogP contribution in [0.3, 0.4) is 0 Å². The van der Waals surface area contributed by atoms with E-state index in [0.29, 0.717) is 6.61 Å². The lowest BCUT2D eigenvalue weighted by molar-refractivity contribution is 0.0124. The first-order valence-corrected chi connectivity index (χ1v) is 6.37. The van der Waals surface area contributed by atoms with Crippen molar-refractivity contribution in [3.8, 4) is 11.8 Å². The van der Waals surface area contributed by atoms with Crippen molar-refractivity contribution in [1.29, 1.82) is 0 Å². The lowest BCUT2D eigenvalue weighted by atomic mass is 10.1. The van der Waals surface area contributed by atoms with E-state index in [9.17, 15) is 4.79 Å². The molecule has 17 heavy (non-hydrogen) atoms. The highest BCUT2D eigenvalue weighted by atomic mass is 16.7. The second-order valence-corrected chi connectivity index (χ2v) is 4.41. The minimum Gasteiger partial charge on any atom is -0.435 e. The zero-order valence-electron chi connectivity index (χ0n) is 11.5. The average molecular weight is 240 g/mol. The van der Waals surface area contributed by atoms with E-state index < -0.39 is 11.8 Å². The molecule has 0 atom stereocenters. The Bertz CT molecular complexity index is 271. The van der Waals surface area contributed by atoms with Crippen molar-refractivity contribution in [2.75, 3.05) is 6.61 Å². The zero-order chi connectivity index (χ0) is 13.1. The molecule has 0 rings (SSSR count). The summed E-state index contributed by atoms with van der Waals surface area (Å²) in [7, 11) is 0. The Kier molecular flexibility index (Phi) is 8.31. The minimum atomic E-state index is -0.767. The number of unbranched alkanes of at least 4 members (excludes halogenated alkanes) is 4. The van der Waals surface area contributed by atoms with Crippen molar-refractivity contribution in [2.24, 2.45) is 0 Å². The summed E-state index contributed by atoms with van der Waals surface area (Å²) in [5, 5.41) is 0. The van der Waals surface area contributed by atoms with Gasteiger partial charge in [-0.15, -0.1) is 0 Å². The number of hydrogen-bond acceptors (Lipinski definition) is 3. The Morgan fingerprint density at radius 1 is 1.18 bits per heavy atom. The molecule has 0 aliphatic heterocycles. The first kappa shape index (κ1) is 15.8. The van der Waals surface area contributed by atoms with Gasteiger partial charge >= 0.3 is 6.16 Å². The van der Waals surface area contributed by atoms with Gasteiger partial charge in [-0.3, -0.25) is 0 Å². The molecule has 0 aliphatic carbocycles. The smallest absolute Gasteiger partial charge is 0.435 e. The van der Waals surface area contributed by atoms with Crippen molar-refractivity contribution in [2.45, 2.75) is 65.4 Å². The monoisotopic (exact) mass is 240 g/mol. The summed E-state index contributed by atoms with van der Waals surface area (Å²) >= 11 is 0. The van der Waals surface area contributed by atoms with Crippen LogP contribution in [0, 0.1) is 11.8 Å². The number of carbonyl (C=O) groups is 1. The van der Waals surface area contributed by atoms with E-state index in [1.54, 1.807) is 20.8 Å². The second-order valence-electron chi connectivity index (χ2n) is 4.41. The Morgan fingerprint density at radius 3 is 2.47 bits per heavy atom. The third kappa shape index (κ3) is 9.74. The quantitative estimate of drug-likeness (QED) is 0.401. The molecule has 0 N–H and O–H groups in total. The molecule has 0 aromatic carbocycles. The van der Waals surface area contributed by atoms with Crippen LogP contribution in [-0.4, -0.2) is 18.4 Å². The molecule has 0 amide bonds. The predicted molar refractivity (Wildman–Crippen MR) is 68.7 cm³/mol. The van der Waals surface area contributed by atoms with Crippen LogP contribution >= 0.6 is 0 Å². The van der Waals surface area contributed by atoms with Crippen molar-refractivity contribution < 1.29 is 14.3 Å².